The maximum atomic E-state index is 4.97. The Morgan fingerprint density at radius 2 is 2.21 bits per heavy atom. The molecule has 0 amide bonds. The monoisotopic (exact) mass is 298 g/mol. The number of nitrogens with zero attached hydrogens (tertiary/aromatic N) is 1. The van der Waals surface area contributed by atoms with Crippen molar-refractivity contribution in [1.29, 1.82) is 0 Å². The number of hydrogen-bond donors (Lipinski definition) is 1. The van der Waals surface area contributed by atoms with Crippen molar-refractivity contribution in [3.63, 3.8) is 0 Å². The van der Waals surface area contributed by atoms with E-state index < -0.39 is 0 Å². The third kappa shape index (κ3) is 3.01. The van der Waals surface area contributed by atoms with Gasteiger partial charge in [-0.3, -0.25) is 0 Å². The molecule has 0 radical (unpaired) electrons. The molecule has 4 heteroatoms. The van der Waals surface area contributed by atoms with Crippen molar-refractivity contribution in [2.75, 3.05) is 5.75 Å². The fourth-order valence-electron chi connectivity index (χ4n) is 2.95. The summed E-state index contributed by atoms with van der Waals surface area (Å²) in [5.41, 5.74) is 1.37. The van der Waals surface area contributed by atoms with Crippen molar-refractivity contribution in [3.05, 3.63) is 15.6 Å². The highest BCUT2D eigenvalue weighted by Crippen LogP contribution is 2.43. The molecule has 2 atom stereocenters. The highest BCUT2D eigenvalue weighted by Gasteiger charge is 2.43. The second-order valence-electron chi connectivity index (χ2n) is 5.76. The first-order chi connectivity index (χ1) is 8.99. The van der Waals surface area contributed by atoms with Gasteiger partial charge in [0.05, 0.1) is 11.2 Å². The molecule has 0 bridgehead atoms. The average Bonchev–Trinajstić information content (AvgIpc) is 2.73. The Kier molecular flexibility index (Phi) is 4.96. The van der Waals surface area contributed by atoms with E-state index in [0.717, 1.165) is 6.42 Å². The van der Waals surface area contributed by atoms with Gasteiger partial charge >= 0.3 is 0 Å². The first-order valence-electron chi connectivity index (χ1n) is 7.35. The predicted octanol–water partition coefficient (Wildman–Crippen LogP) is 4.12. The smallest absolute Gasteiger partial charge is 0.114 e. The topological polar surface area (TPSA) is 24.9 Å². The quantitative estimate of drug-likeness (QED) is 0.905. The Labute approximate surface area is 125 Å². The molecule has 19 heavy (non-hydrogen) atoms. The van der Waals surface area contributed by atoms with Crippen LogP contribution in [0.5, 0.6) is 0 Å². The van der Waals surface area contributed by atoms with Gasteiger partial charge in [-0.1, -0.05) is 13.8 Å². The van der Waals surface area contributed by atoms with Gasteiger partial charge in [0, 0.05) is 16.2 Å². The Morgan fingerprint density at radius 1 is 1.47 bits per heavy atom. The molecule has 1 N–H and O–H groups in total. The van der Waals surface area contributed by atoms with Gasteiger partial charge < -0.3 is 5.32 Å². The van der Waals surface area contributed by atoms with Crippen LogP contribution in [0, 0.1) is 6.92 Å². The molecule has 0 aromatic carbocycles. The van der Waals surface area contributed by atoms with Gasteiger partial charge in [0.2, 0.25) is 0 Å². The first kappa shape index (κ1) is 15.3. The molecule has 1 aromatic rings. The van der Waals surface area contributed by atoms with Crippen LogP contribution in [-0.4, -0.2) is 22.0 Å². The Morgan fingerprint density at radius 3 is 2.74 bits per heavy atom. The third-order valence-electron chi connectivity index (χ3n) is 3.93. The zero-order valence-electron chi connectivity index (χ0n) is 12.7. The molecule has 1 aromatic heterocycles. The van der Waals surface area contributed by atoms with Gasteiger partial charge in [0.15, 0.2) is 0 Å². The SMILES string of the molecule is CCc1nc(C2(NC(C)C)CCCSC2C)sc1C. The molecule has 1 fully saturated rings. The lowest BCUT2D eigenvalue weighted by molar-refractivity contribution is 0.271. The van der Waals surface area contributed by atoms with Crippen LogP contribution in [-0.2, 0) is 12.0 Å². The van der Waals surface area contributed by atoms with Gasteiger partial charge in [0.1, 0.15) is 5.01 Å². The maximum Gasteiger partial charge on any atom is 0.114 e. The number of aryl methyl sites for hydroxylation is 2. The maximum absolute atomic E-state index is 4.97. The van der Waals surface area contributed by atoms with Crippen molar-refractivity contribution in [2.45, 2.75) is 70.7 Å². The lowest BCUT2D eigenvalue weighted by atomic mass is 9.89. The summed E-state index contributed by atoms with van der Waals surface area (Å²) in [6, 6.07) is 0.496. The molecule has 1 aliphatic rings. The fourth-order valence-corrected chi connectivity index (χ4v) is 5.55. The number of aromatic nitrogens is 1. The van der Waals surface area contributed by atoms with E-state index in [0.29, 0.717) is 11.3 Å². The van der Waals surface area contributed by atoms with E-state index in [-0.39, 0.29) is 5.54 Å². The molecule has 2 heterocycles. The lowest BCUT2D eigenvalue weighted by Crippen LogP contribution is -2.53. The van der Waals surface area contributed by atoms with E-state index in [2.05, 4.69) is 51.7 Å². The third-order valence-corrected chi connectivity index (χ3v) is 6.55. The normalized spacial score (nSPS) is 28.0. The summed E-state index contributed by atoms with van der Waals surface area (Å²) in [5.74, 6) is 1.29. The zero-order chi connectivity index (χ0) is 14.0. The summed E-state index contributed by atoms with van der Waals surface area (Å²) >= 11 is 3.99. The minimum absolute atomic E-state index is 0.0833. The number of nitrogens with one attached hydrogen (secondary N) is 1. The van der Waals surface area contributed by atoms with Gasteiger partial charge in [-0.15, -0.1) is 11.3 Å². The number of thiazole rings is 1. The Hall–Kier alpha value is -0.0600. The molecule has 108 valence electrons. The van der Waals surface area contributed by atoms with Crippen LogP contribution < -0.4 is 5.32 Å². The van der Waals surface area contributed by atoms with Gasteiger partial charge in [-0.25, -0.2) is 4.98 Å². The number of rotatable bonds is 4. The Balaban J connectivity index is 2.40. The van der Waals surface area contributed by atoms with Crippen LogP contribution in [0.4, 0.5) is 0 Å². The molecule has 0 saturated carbocycles. The molecule has 2 nitrogen and oxygen atoms in total. The molecule has 0 aliphatic carbocycles. The number of hydrogen-bond acceptors (Lipinski definition) is 4. The molecule has 2 rings (SSSR count). The minimum Gasteiger partial charge on any atom is -0.302 e. The molecule has 1 aliphatic heterocycles. The number of thioether (sulfide) groups is 1. The van der Waals surface area contributed by atoms with Gasteiger partial charge in [0.25, 0.3) is 0 Å². The summed E-state index contributed by atoms with van der Waals surface area (Å²) < 4.78 is 0. The minimum atomic E-state index is 0.0833. The van der Waals surface area contributed by atoms with E-state index in [1.165, 1.54) is 34.2 Å². The van der Waals surface area contributed by atoms with E-state index in [9.17, 15) is 0 Å². The predicted molar refractivity (Wildman–Crippen MR) is 87.3 cm³/mol. The van der Waals surface area contributed by atoms with E-state index in [4.69, 9.17) is 4.98 Å². The first-order valence-corrected chi connectivity index (χ1v) is 9.22. The summed E-state index contributed by atoms with van der Waals surface area (Å²) in [4.78, 5) is 6.36. The van der Waals surface area contributed by atoms with Crippen molar-refractivity contribution < 1.29 is 0 Å². The Bertz CT molecular complexity index is 428. The highest BCUT2D eigenvalue weighted by atomic mass is 32.2. The highest BCUT2D eigenvalue weighted by molar-refractivity contribution is 8.00. The van der Waals surface area contributed by atoms with Crippen LogP contribution in [0.15, 0.2) is 0 Å². The second-order valence-corrected chi connectivity index (χ2v) is 8.41. The van der Waals surface area contributed by atoms with Crippen LogP contribution >= 0.6 is 23.1 Å². The molecule has 1 saturated heterocycles. The largest absolute Gasteiger partial charge is 0.302 e. The van der Waals surface area contributed by atoms with E-state index >= 15 is 0 Å². The van der Waals surface area contributed by atoms with Crippen LogP contribution in [0.1, 0.15) is 56.1 Å². The summed E-state index contributed by atoms with van der Waals surface area (Å²) in [6.45, 7) is 11.3. The summed E-state index contributed by atoms with van der Waals surface area (Å²) in [5, 5.41) is 5.76. The van der Waals surface area contributed by atoms with Gasteiger partial charge in [-0.2, -0.15) is 11.8 Å². The van der Waals surface area contributed by atoms with Crippen molar-refractivity contribution in [3.8, 4) is 0 Å². The summed E-state index contributed by atoms with van der Waals surface area (Å²) in [7, 11) is 0. The van der Waals surface area contributed by atoms with Crippen LogP contribution in [0.3, 0.4) is 0 Å². The fraction of sp³-hybridized carbons (Fsp3) is 0.800. The zero-order valence-corrected chi connectivity index (χ0v) is 14.4. The van der Waals surface area contributed by atoms with E-state index in [1.807, 2.05) is 11.3 Å². The van der Waals surface area contributed by atoms with Crippen molar-refractivity contribution >= 4 is 23.1 Å². The van der Waals surface area contributed by atoms with Crippen LogP contribution in [0.25, 0.3) is 0 Å². The van der Waals surface area contributed by atoms with Crippen molar-refractivity contribution in [1.82, 2.24) is 10.3 Å². The van der Waals surface area contributed by atoms with Crippen molar-refractivity contribution in [2.24, 2.45) is 0 Å². The molecule has 0 spiro atoms. The summed E-state index contributed by atoms with van der Waals surface area (Å²) in [6.07, 6.45) is 3.55. The average molecular weight is 299 g/mol. The second kappa shape index (κ2) is 6.15. The standard InChI is InChI=1S/C15H26N2S2/c1-6-13-11(4)19-14(16-13)15(17-10(2)3)8-7-9-18-12(15)5/h10,12,17H,6-9H2,1-5H3. The molecular weight excluding hydrogens is 272 g/mol. The molecular formula is C15H26N2S2. The lowest BCUT2D eigenvalue weighted by Gasteiger charge is -2.43. The van der Waals surface area contributed by atoms with Crippen LogP contribution in [0.2, 0.25) is 0 Å². The van der Waals surface area contributed by atoms with Gasteiger partial charge in [-0.05, 0) is 45.8 Å². The van der Waals surface area contributed by atoms with E-state index in [1.54, 1.807) is 0 Å². The molecule has 2 unspecified atom stereocenters.